The van der Waals surface area contributed by atoms with E-state index in [9.17, 15) is 4.79 Å². The van der Waals surface area contributed by atoms with Crippen molar-refractivity contribution in [1.82, 2.24) is 4.98 Å². The van der Waals surface area contributed by atoms with E-state index in [1.807, 2.05) is 48.5 Å². The number of fused-ring (bicyclic) bond motifs is 1. The van der Waals surface area contributed by atoms with Crippen molar-refractivity contribution in [1.29, 1.82) is 0 Å². The SMILES string of the molecule is O=C(CCCc1cc(Cl)cc2cccnc12)c1ccc(Br)cc1. The highest BCUT2D eigenvalue weighted by molar-refractivity contribution is 9.10. The van der Waals surface area contributed by atoms with E-state index >= 15 is 0 Å². The summed E-state index contributed by atoms with van der Waals surface area (Å²) in [6.07, 6.45) is 3.87. The van der Waals surface area contributed by atoms with Gasteiger partial charge >= 0.3 is 0 Å². The van der Waals surface area contributed by atoms with E-state index in [1.54, 1.807) is 6.20 Å². The quantitative estimate of drug-likeness (QED) is 0.513. The van der Waals surface area contributed by atoms with Crippen LogP contribution in [0.5, 0.6) is 0 Å². The Morgan fingerprint density at radius 3 is 2.70 bits per heavy atom. The third-order valence-corrected chi connectivity index (χ3v) is 4.51. The van der Waals surface area contributed by atoms with E-state index in [0.717, 1.165) is 39.3 Å². The van der Waals surface area contributed by atoms with Crippen molar-refractivity contribution in [3.8, 4) is 0 Å². The van der Waals surface area contributed by atoms with Crippen LogP contribution in [0.3, 0.4) is 0 Å². The van der Waals surface area contributed by atoms with Gasteiger partial charge < -0.3 is 0 Å². The normalized spacial score (nSPS) is 10.9. The summed E-state index contributed by atoms with van der Waals surface area (Å²) in [6, 6.07) is 15.3. The van der Waals surface area contributed by atoms with E-state index < -0.39 is 0 Å². The van der Waals surface area contributed by atoms with Crippen LogP contribution in [0.4, 0.5) is 0 Å². The second kappa shape index (κ2) is 7.24. The van der Waals surface area contributed by atoms with Crippen LogP contribution < -0.4 is 0 Å². The molecule has 1 heterocycles. The molecule has 0 aliphatic carbocycles. The molecule has 0 unspecified atom stereocenters. The molecule has 3 rings (SSSR count). The van der Waals surface area contributed by atoms with Gasteiger partial charge in [-0.1, -0.05) is 45.7 Å². The van der Waals surface area contributed by atoms with Crippen LogP contribution in [-0.2, 0) is 6.42 Å². The van der Waals surface area contributed by atoms with Gasteiger partial charge in [0.1, 0.15) is 0 Å². The lowest BCUT2D eigenvalue weighted by Gasteiger charge is -2.07. The molecule has 0 fully saturated rings. The van der Waals surface area contributed by atoms with Crippen LogP contribution in [0.2, 0.25) is 5.02 Å². The molecule has 4 heteroatoms. The Morgan fingerprint density at radius 1 is 1.13 bits per heavy atom. The van der Waals surface area contributed by atoms with Crippen molar-refractivity contribution in [2.24, 2.45) is 0 Å². The van der Waals surface area contributed by atoms with Gasteiger partial charge in [0, 0.05) is 33.1 Å². The standard InChI is InChI=1S/C19H15BrClNO/c20-16-8-6-13(7-9-16)18(23)5-1-3-14-11-17(21)12-15-4-2-10-22-19(14)15/h2,4,6-12H,1,3,5H2. The average Bonchev–Trinajstić information content (AvgIpc) is 2.55. The molecule has 0 amide bonds. The second-order valence-corrected chi connectivity index (χ2v) is 6.78. The van der Waals surface area contributed by atoms with Crippen LogP contribution in [-0.4, -0.2) is 10.8 Å². The maximum absolute atomic E-state index is 12.2. The van der Waals surface area contributed by atoms with Crippen molar-refractivity contribution < 1.29 is 4.79 Å². The summed E-state index contributed by atoms with van der Waals surface area (Å²) in [5.74, 6) is 0.164. The van der Waals surface area contributed by atoms with E-state index in [1.165, 1.54) is 0 Å². The number of Topliss-reactive ketones (excluding diaryl/α,β-unsaturated/α-hetero) is 1. The van der Waals surface area contributed by atoms with Crippen LogP contribution in [0.15, 0.2) is 59.2 Å². The minimum atomic E-state index is 0.164. The minimum absolute atomic E-state index is 0.164. The first-order valence-corrected chi connectivity index (χ1v) is 8.62. The van der Waals surface area contributed by atoms with Gasteiger partial charge in [-0.3, -0.25) is 9.78 Å². The fraction of sp³-hybridized carbons (Fsp3) is 0.158. The number of aryl methyl sites for hydroxylation is 1. The predicted molar refractivity (Wildman–Crippen MR) is 98.2 cm³/mol. The average molecular weight is 389 g/mol. The number of benzene rings is 2. The summed E-state index contributed by atoms with van der Waals surface area (Å²) in [5.41, 5.74) is 2.81. The molecular weight excluding hydrogens is 374 g/mol. The highest BCUT2D eigenvalue weighted by atomic mass is 79.9. The largest absolute Gasteiger partial charge is 0.294 e. The van der Waals surface area contributed by atoms with Gasteiger partial charge in [-0.25, -0.2) is 0 Å². The fourth-order valence-electron chi connectivity index (χ4n) is 2.64. The molecule has 1 aromatic heterocycles. The van der Waals surface area contributed by atoms with Gasteiger partial charge in [0.15, 0.2) is 5.78 Å². The maximum atomic E-state index is 12.2. The van der Waals surface area contributed by atoms with Crippen molar-refractivity contribution >= 4 is 44.2 Å². The van der Waals surface area contributed by atoms with Crippen molar-refractivity contribution in [3.05, 3.63) is 75.4 Å². The molecule has 3 aromatic rings. The molecule has 0 atom stereocenters. The lowest BCUT2D eigenvalue weighted by atomic mass is 10.0. The summed E-state index contributed by atoms with van der Waals surface area (Å²) in [5, 5.41) is 1.74. The Morgan fingerprint density at radius 2 is 1.91 bits per heavy atom. The molecule has 0 N–H and O–H groups in total. The molecule has 0 radical (unpaired) electrons. The summed E-state index contributed by atoms with van der Waals surface area (Å²) in [7, 11) is 0. The predicted octanol–water partition coefficient (Wildman–Crippen LogP) is 5.86. The number of halogens is 2. The fourth-order valence-corrected chi connectivity index (χ4v) is 3.15. The molecule has 0 aliphatic heterocycles. The molecule has 0 aliphatic rings. The number of hydrogen-bond donors (Lipinski definition) is 0. The number of ketones is 1. The smallest absolute Gasteiger partial charge is 0.162 e. The van der Waals surface area contributed by atoms with Gasteiger partial charge in [-0.15, -0.1) is 0 Å². The van der Waals surface area contributed by atoms with Gasteiger partial charge in [0.25, 0.3) is 0 Å². The Kier molecular flexibility index (Phi) is 5.09. The number of pyridine rings is 1. The minimum Gasteiger partial charge on any atom is -0.294 e. The molecular formula is C19H15BrClNO. The van der Waals surface area contributed by atoms with Crippen molar-refractivity contribution in [2.75, 3.05) is 0 Å². The van der Waals surface area contributed by atoms with Gasteiger partial charge in [0.2, 0.25) is 0 Å². The van der Waals surface area contributed by atoms with Gasteiger partial charge in [0.05, 0.1) is 5.52 Å². The second-order valence-electron chi connectivity index (χ2n) is 5.42. The zero-order valence-electron chi connectivity index (χ0n) is 12.4. The first kappa shape index (κ1) is 16.2. The Bertz CT molecular complexity index is 846. The molecule has 0 bridgehead atoms. The van der Waals surface area contributed by atoms with E-state index in [0.29, 0.717) is 11.4 Å². The first-order valence-electron chi connectivity index (χ1n) is 7.45. The molecule has 116 valence electrons. The topological polar surface area (TPSA) is 30.0 Å². The summed E-state index contributed by atoms with van der Waals surface area (Å²) in [4.78, 5) is 16.7. The number of carbonyl (C=O) groups is 1. The lowest BCUT2D eigenvalue weighted by Crippen LogP contribution is -2.00. The molecule has 23 heavy (non-hydrogen) atoms. The monoisotopic (exact) mass is 387 g/mol. The lowest BCUT2D eigenvalue weighted by molar-refractivity contribution is 0.0980. The molecule has 0 saturated carbocycles. The van der Waals surface area contributed by atoms with E-state index in [4.69, 9.17) is 11.6 Å². The molecule has 0 saturated heterocycles. The number of rotatable bonds is 5. The zero-order valence-corrected chi connectivity index (χ0v) is 14.8. The van der Waals surface area contributed by atoms with Crippen LogP contribution in [0.25, 0.3) is 10.9 Å². The number of nitrogens with zero attached hydrogens (tertiary/aromatic N) is 1. The zero-order chi connectivity index (χ0) is 16.2. The number of carbonyl (C=O) groups excluding carboxylic acids is 1. The summed E-state index contributed by atoms with van der Waals surface area (Å²) < 4.78 is 0.977. The van der Waals surface area contributed by atoms with E-state index in [-0.39, 0.29) is 5.78 Å². The number of hydrogen-bond acceptors (Lipinski definition) is 2. The van der Waals surface area contributed by atoms with Crippen molar-refractivity contribution in [3.63, 3.8) is 0 Å². The van der Waals surface area contributed by atoms with Gasteiger partial charge in [-0.2, -0.15) is 0 Å². The Hall–Kier alpha value is -1.71. The highest BCUT2D eigenvalue weighted by Gasteiger charge is 2.08. The highest BCUT2D eigenvalue weighted by Crippen LogP contribution is 2.24. The van der Waals surface area contributed by atoms with E-state index in [2.05, 4.69) is 20.9 Å². The maximum Gasteiger partial charge on any atom is 0.162 e. The molecule has 2 aromatic carbocycles. The first-order chi connectivity index (χ1) is 11.1. The Labute approximate surface area is 148 Å². The molecule has 2 nitrogen and oxygen atoms in total. The third kappa shape index (κ3) is 3.98. The number of aromatic nitrogens is 1. The van der Waals surface area contributed by atoms with Crippen LogP contribution in [0, 0.1) is 0 Å². The third-order valence-electron chi connectivity index (χ3n) is 3.76. The van der Waals surface area contributed by atoms with Crippen LogP contribution >= 0.6 is 27.5 Å². The summed E-state index contributed by atoms with van der Waals surface area (Å²) >= 11 is 9.55. The van der Waals surface area contributed by atoms with Crippen molar-refractivity contribution in [2.45, 2.75) is 19.3 Å². The molecule has 0 spiro atoms. The van der Waals surface area contributed by atoms with Gasteiger partial charge in [-0.05, 0) is 48.7 Å². The summed E-state index contributed by atoms with van der Waals surface area (Å²) in [6.45, 7) is 0. The Balaban J connectivity index is 1.69. The van der Waals surface area contributed by atoms with Crippen LogP contribution in [0.1, 0.15) is 28.8 Å².